The fourth-order valence-corrected chi connectivity index (χ4v) is 2.81. The van der Waals surface area contributed by atoms with Crippen molar-refractivity contribution in [1.82, 2.24) is 0 Å². The Morgan fingerprint density at radius 3 is 2.61 bits per heavy atom. The maximum atomic E-state index is 11.5. The highest BCUT2D eigenvalue weighted by atomic mass is 32.2. The highest BCUT2D eigenvalue weighted by Gasteiger charge is 2.23. The van der Waals surface area contributed by atoms with Crippen LogP contribution in [0.1, 0.15) is 31.7 Å². The molecule has 1 saturated carbocycles. The highest BCUT2D eigenvalue weighted by molar-refractivity contribution is 7.90. The number of anilines is 1. The molecular formula is C14H21NO2S. The van der Waals surface area contributed by atoms with Gasteiger partial charge in [0.2, 0.25) is 0 Å². The molecule has 1 N–H and O–H groups in total. The first-order chi connectivity index (χ1) is 8.36. The summed E-state index contributed by atoms with van der Waals surface area (Å²) >= 11 is 0. The molecule has 1 aliphatic rings. The van der Waals surface area contributed by atoms with Gasteiger partial charge in [0.15, 0.2) is 9.84 Å². The van der Waals surface area contributed by atoms with Crippen molar-refractivity contribution >= 4 is 15.5 Å². The van der Waals surface area contributed by atoms with Crippen LogP contribution in [0.2, 0.25) is 0 Å². The van der Waals surface area contributed by atoms with Gasteiger partial charge in [0.25, 0.3) is 0 Å². The summed E-state index contributed by atoms with van der Waals surface area (Å²) in [6.45, 7) is 4.16. The first-order valence-electron chi connectivity index (χ1n) is 6.43. The SMILES string of the molecule is Cc1ccc(S(C)(=O)=O)cc1NC(C)CC1CC1. The zero-order chi connectivity index (χ0) is 13.3. The van der Waals surface area contributed by atoms with E-state index in [1.54, 1.807) is 12.1 Å². The van der Waals surface area contributed by atoms with Gasteiger partial charge in [-0.3, -0.25) is 0 Å². The van der Waals surface area contributed by atoms with Crippen LogP contribution in [0.25, 0.3) is 0 Å². The van der Waals surface area contributed by atoms with Crippen molar-refractivity contribution in [3.8, 4) is 0 Å². The van der Waals surface area contributed by atoms with E-state index in [2.05, 4.69) is 12.2 Å². The second-order valence-corrected chi connectivity index (χ2v) is 7.49. The van der Waals surface area contributed by atoms with Crippen LogP contribution in [0.5, 0.6) is 0 Å². The number of hydrogen-bond donors (Lipinski definition) is 1. The van der Waals surface area contributed by atoms with Gasteiger partial charge in [-0.1, -0.05) is 18.9 Å². The number of hydrogen-bond acceptors (Lipinski definition) is 3. The molecule has 0 amide bonds. The zero-order valence-electron chi connectivity index (χ0n) is 11.2. The normalized spacial score (nSPS) is 17.5. The summed E-state index contributed by atoms with van der Waals surface area (Å²) < 4.78 is 23.1. The molecule has 1 unspecified atom stereocenters. The van der Waals surface area contributed by atoms with Crippen molar-refractivity contribution in [3.63, 3.8) is 0 Å². The molecule has 0 heterocycles. The van der Waals surface area contributed by atoms with Crippen LogP contribution in [0.4, 0.5) is 5.69 Å². The lowest BCUT2D eigenvalue weighted by Crippen LogP contribution is -2.16. The van der Waals surface area contributed by atoms with E-state index in [1.165, 1.54) is 25.5 Å². The predicted molar refractivity (Wildman–Crippen MR) is 74.7 cm³/mol. The molecule has 0 saturated heterocycles. The van der Waals surface area contributed by atoms with Crippen molar-refractivity contribution in [2.45, 2.75) is 44.0 Å². The second-order valence-electron chi connectivity index (χ2n) is 5.47. The molecule has 0 aliphatic heterocycles. The fourth-order valence-electron chi connectivity index (χ4n) is 2.17. The van der Waals surface area contributed by atoms with Gasteiger partial charge >= 0.3 is 0 Å². The molecule has 1 aromatic rings. The maximum absolute atomic E-state index is 11.5. The first-order valence-corrected chi connectivity index (χ1v) is 8.32. The number of aryl methyl sites for hydroxylation is 1. The van der Waals surface area contributed by atoms with Gasteiger partial charge in [0.1, 0.15) is 0 Å². The lowest BCUT2D eigenvalue weighted by atomic mass is 10.1. The average molecular weight is 267 g/mol. The minimum Gasteiger partial charge on any atom is -0.382 e. The number of benzene rings is 1. The molecular weight excluding hydrogens is 246 g/mol. The molecule has 3 nitrogen and oxygen atoms in total. The van der Waals surface area contributed by atoms with Gasteiger partial charge in [-0.05, 0) is 43.9 Å². The minimum absolute atomic E-state index is 0.384. The fraction of sp³-hybridized carbons (Fsp3) is 0.571. The molecule has 18 heavy (non-hydrogen) atoms. The van der Waals surface area contributed by atoms with Gasteiger partial charge in [0.05, 0.1) is 4.90 Å². The van der Waals surface area contributed by atoms with E-state index >= 15 is 0 Å². The Hall–Kier alpha value is -1.03. The molecule has 4 heteroatoms. The smallest absolute Gasteiger partial charge is 0.175 e. The third-order valence-electron chi connectivity index (χ3n) is 3.42. The summed E-state index contributed by atoms with van der Waals surface area (Å²) in [5.74, 6) is 0.867. The van der Waals surface area contributed by atoms with Crippen molar-refractivity contribution in [1.29, 1.82) is 0 Å². The van der Waals surface area contributed by atoms with Crippen molar-refractivity contribution in [2.24, 2.45) is 5.92 Å². The van der Waals surface area contributed by atoms with Gasteiger partial charge in [-0.15, -0.1) is 0 Å². The quantitative estimate of drug-likeness (QED) is 0.892. The van der Waals surface area contributed by atoms with E-state index in [9.17, 15) is 8.42 Å². The third kappa shape index (κ3) is 3.48. The molecule has 1 fully saturated rings. The van der Waals surface area contributed by atoms with Crippen molar-refractivity contribution in [2.75, 3.05) is 11.6 Å². The van der Waals surface area contributed by atoms with Crippen LogP contribution in [-0.4, -0.2) is 20.7 Å². The summed E-state index contributed by atoms with van der Waals surface area (Å²) in [7, 11) is -3.13. The maximum Gasteiger partial charge on any atom is 0.175 e. The highest BCUT2D eigenvalue weighted by Crippen LogP contribution is 2.34. The monoisotopic (exact) mass is 267 g/mol. The number of sulfone groups is 1. The molecule has 0 spiro atoms. The van der Waals surface area contributed by atoms with E-state index in [4.69, 9.17) is 0 Å². The van der Waals surface area contributed by atoms with Gasteiger partial charge in [0, 0.05) is 18.0 Å². The Kier molecular flexibility index (Phi) is 3.66. The first kappa shape index (κ1) is 13.4. The molecule has 0 aromatic heterocycles. The van der Waals surface area contributed by atoms with Gasteiger partial charge in [-0.25, -0.2) is 8.42 Å². The molecule has 2 rings (SSSR count). The van der Waals surface area contributed by atoms with Crippen molar-refractivity contribution in [3.05, 3.63) is 23.8 Å². The predicted octanol–water partition coefficient (Wildman–Crippen LogP) is 3.00. The van der Waals surface area contributed by atoms with Gasteiger partial charge in [-0.2, -0.15) is 0 Å². The summed E-state index contributed by atoms with van der Waals surface area (Å²) in [6.07, 6.45) is 5.10. The Bertz CT molecular complexity index is 533. The second kappa shape index (κ2) is 4.92. The molecule has 100 valence electrons. The van der Waals surface area contributed by atoms with E-state index in [0.717, 1.165) is 17.2 Å². The Balaban J connectivity index is 2.15. The third-order valence-corrected chi connectivity index (χ3v) is 4.53. The van der Waals surface area contributed by atoms with E-state index in [0.29, 0.717) is 10.9 Å². The van der Waals surface area contributed by atoms with Crippen LogP contribution >= 0.6 is 0 Å². The molecule has 0 bridgehead atoms. The summed E-state index contributed by atoms with van der Waals surface area (Å²) in [5, 5.41) is 3.43. The molecule has 1 aliphatic carbocycles. The van der Waals surface area contributed by atoms with E-state index < -0.39 is 9.84 Å². The number of nitrogens with one attached hydrogen (secondary N) is 1. The topological polar surface area (TPSA) is 46.2 Å². The van der Waals surface area contributed by atoms with Gasteiger partial charge < -0.3 is 5.32 Å². The zero-order valence-corrected chi connectivity index (χ0v) is 12.0. The summed E-state index contributed by atoms with van der Waals surface area (Å²) in [6, 6.07) is 5.67. The molecule has 1 aromatic carbocycles. The average Bonchev–Trinajstić information content (AvgIpc) is 3.03. The lowest BCUT2D eigenvalue weighted by molar-refractivity contribution is 0.601. The van der Waals surface area contributed by atoms with Crippen LogP contribution in [0.3, 0.4) is 0 Å². The molecule has 0 radical (unpaired) electrons. The van der Waals surface area contributed by atoms with Crippen LogP contribution in [0, 0.1) is 12.8 Å². The minimum atomic E-state index is -3.13. The standard InChI is InChI=1S/C14H21NO2S/c1-10-4-7-13(18(3,16)17)9-14(10)15-11(2)8-12-5-6-12/h4,7,9,11-12,15H,5-6,8H2,1-3H3. The Morgan fingerprint density at radius 1 is 1.39 bits per heavy atom. The van der Waals surface area contributed by atoms with Crippen LogP contribution < -0.4 is 5.32 Å². The van der Waals surface area contributed by atoms with Crippen LogP contribution in [0.15, 0.2) is 23.1 Å². The Morgan fingerprint density at radius 2 is 2.06 bits per heavy atom. The van der Waals surface area contributed by atoms with E-state index in [-0.39, 0.29) is 0 Å². The molecule has 1 atom stereocenters. The Labute approximate surface area is 110 Å². The van der Waals surface area contributed by atoms with Crippen LogP contribution in [-0.2, 0) is 9.84 Å². The lowest BCUT2D eigenvalue weighted by Gasteiger charge is -2.17. The number of rotatable bonds is 5. The summed E-state index contributed by atoms with van der Waals surface area (Å²) in [5.41, 5.74) is 2.02. The van der Waals surface area contributed by atoms with E-state index in [1.807, 2.05) is 13.0 Å². The summed E-state index contributed by atoms with van der Waals surface area (Å²) in [4.78, 5) is 0.384. The van der Waals surface area contributed by atoms with Crippen molar-refractivity contribution < 1.29 is 8.42 Å². The largest absolute Gasteiger partial charge is 0.382 e.